The Labute approximate surface area is 121 Å². The quantitative estimate of drug-likeness (QED) is 0.919. The Balaban J connectivity index is 1.84. The van der Waals surface area contributed by atoms with Crippen LogP contribution in [0.1, 0.15) is 31.4 Å². The van der Waals surface area contributed by atoms with Crippen LogP contribution in [0.15, 0.2) is 23.1 Å². The van der Waals surface area contributed by atoms with Gasteiger partial charge in [-0.2, -0.15) is 4.31 Å². The SMILES string of the molecule is CC(C)C1(N)CN(S(=O)(=O)c2ccc3c(c2)CCC3)C1. The van der Waals surface area contributed by atoms with Gasteiger partial charge in [-0.05, 0) is 48.4 Å². The van der Waals surface area contributed by atoms with Crippen molar-refractivity contribution < 1.29 is 8.42 Å². The lowest BCUT2D eigenvalue weighted by molar-refractivity contribution is 0.110. The molecule has 0 atom stereocenters. The highest BCUT2D eigenvalue weighted by atomic mass is 32.2. The van der Waals surface area contributed by atoms with Crippen LogP contribution >= 0.6 is 0 Å². The number of aryl methyl sites for hydroxylation is 2. The van der Waals surface area contributed by atoms with Crippen LogP contribution < -0.4 is 5.73 Å². The highest BCUT2D eigenvalue weighted by Crippen LogP contribution is 2.33. The Bertz CT molecular complexity index is 631. The van der Waals surface area contributed by atoms with Crippen molar-refractivity contribution in [2.45, 2.75) is 43.5 Å². The Morgan fingerprint density at radius 3 is 2.50 bits per heavy atom. The lowest BCUT2D eigenvalue weighted by Gasteiger charge is -2.49. The van der Waals surface area contributed by atoms with Crippen molar-refractivity contribution in [1.29, 1.82) is 0 Å². The molecule has 3 rings (SSSR count). The summed E-state index contributed by atoms with van der Waals surface area (Å²) >= 11 is 0. The van der Waals surface area contributed by atoms with Gasteiger partial charge in [-0.3, -0.25) is 0 Å². The molecule has 0 aromatic heterocycles. The van der Waals surface area contributed by atoms with Gasteiger partial charge in [-0.15, -0.1) is 0 Å². The largest absolute Gasteiger partial charge is 0.323 e. The number of fused-ring (bicyclic) bond motifs is 1. The summed E-state index contributed by atoms with van der Waals surface area (Å²) in [5.41, 5.74) is 8.31. The van der Waals surface area contributed by atoms with E-state index in [9.17, 15) is 8.42 Å². The van der Waals surface area contributed by atoms with Crippen LogP contribution in [0.2, 0.25) is 0 Å². The van der Waals surface area contributed by atoms with E-state index in [1.165, 1.54) is 15.4 Å². The monoisotopic (exact) mass is 294 g/mol. The zero-order valence-corrected chi connectivity index (χ0v) is 12.9. The molecular formula is C15H22N2O2S. The second kappa shape index (κ2) is 4.55. The van der Waals surface area contributed by atoms with E-state index >= 15 is 0 Å². The molecule has 1 heterocycles. The van der Waals surface area contributed by atoms with Gasteiger partial charge in [0.2, 0.25) is 10.0 Å². The lowest BCUT2D eigenvalue weighted by atomic mass is 9.82. The third-order valence-electron chi connectivity index (χ3n) is 4.80. The van der Waals surface area contributed by atoms with Gasteiger partial charge in [-0.1, -0.05) is 19.9 Å². The van der Waals surface area contributed by atoms with Crippen molar-refractivity contribution in [2.75, 3.05) is 13.1 Å². The minimum Gasteiger partial charge on any atom is -0.323 e. The van der Waals surface area contributed by atoms with Crippen LogP contribution in [0.5, 0.6) is 0 Å². The van der Waals surface area contributed by atoms with E-state index in [1.54, 1.807) is 6.07 Å². The maximum Gasteiger partial charge on any atom is 0.243 e. The highest BCUT2D eigenvalue weighted by molar-refractivity contribution is 7.89. The normalized spacial score (nSPS) is 21.8. The maximum absolute atomic E-state index is 12.6. The molecule has 2 aliphatic rings. The van der Waals surface area contributed by atoms with Gasteiger partial charge in [0.25, 0.3) is 0 Å². The standard InChI is InChI=1S/C15H22N2O2S/c1-11(2)15(16)9-17(10-15)20(18,19)14-7-6-12-4-3-5-13(12)8-14/h6-8,11H,3-5,9-10,16H2,1-2H3. The van der Waals surface area contributed by atoms with Gasteiger partial charge >= 0.3 is 0 Å². The molecule has 20 heavy (non-hydrogen) atoms. The van der Waals surface area contributed by atoms with Crippen molar-refractivity contribution in [3.8, 4) is 0 Å². The summed E-state index contributed by atoms with van der Waals surface area (Å²) in [4.78, 5) is 0.420. The van der Waals surface area contributed by atoms with Crippen LogP contribution in [0.3, 0.4) is 0 Å². The number of benzene rings is 1. The average Bonchev–Trinajstić information content (AvgIpc) is 2.81. The molecule has 0 radical (unpaired) electrons. The third-order valence-corrected chi connectivity index (χ3v) is 6.59. The van der Waals surface area contributed by atoms with Crippen LogP contribution in [0.25, 0.3) is 0 Å². The van der Waals surface area contributed by atoms with E-state index in [2.05, 4.69) is 0 Å². The third kappa shape index (κ3) is 2.08. The predicted octanol–water partition coefficient (Wildman–Crippen LogP) is 1.53. The van der Waals surface area contributed by atoms with E-state index in [1.807, 2.05) is 26.0 Å². The fraction of sp³-hybridized carbons (Fsp3) is 0.600. The summed E-state index contributed by atoms with van der Waals surface area (Å²) < 4.78 is 26.7. The molecule has 1 fully saturated rings. The zero-order valence-electron chi connectivity index (χ0n) is 12.1. The first-order valence-corrected chi connectivity index (χ1v) is 8.68. The Morgan fingerprint density at radius 1 is 1.20 bits per heavy atom. The second-order valence-electron chi connectivity index (χ2n) is 6.45. The Hall–Kier alpha value is -0.910. The van der Waals surface area contributed by atoms with E-state index in [4.69, 9.17) is 5.73 Å². The molecule has 0 spiro atoms. The molecule has 1 saturated heterocycles. The van der Waals surface area contributed by atoms with Crippen LogP contribution in [-0.2, 0) is 22.9 Å². The van der Waals surface area contributed by atoms with Gasteiger partial charge in [0.05, 0.1) is 4.90 Å². The molecule has 2 N–H and O–H groups in total. The molecule has 0 bridgehead atoms. The van der Waals surface area contributed by atoms with Gasteiger partial charge in [0.1, 0.15) is 0 Å². The molecule has 4 nitrogen and oxygen atoms in total. The van der Waals surface area contributed by atoms with Gasteiger partial charge in [-0.25, -0.2) is 8.42 Å². The van der Waals surface area contributed by atoms with Crippen molar-refractivity contribution in [2.24, 2.45) is 11.7 Å². The van der Waals surface area contributed by atoms with Crippen LogP contribution in [-0.4, -0.2) is 31.4 Å². The summed E-state index contributed by atoms with van der Waals surface area (Å²) in [5, 5.41) is 0. The predicted molar refractivity (Wildman–Crippen MR) is 79.0 cm³/mol. The van der Waals surface area contributed by atoms with Crippen molar-refractivity contribution in [3.63, 3.8) is 0 Å². The topological polar surface area (TPSA) is 63.4 Å². The number of hydrogen-bond acceptors (Lipinski definition) is 3. The first kappa shape index (κ1) is 14.0. The fourth-order valence-corrected chi connectivity index (χ4v) is 4.65. The van der Waals surface area contributed by atoms with E-state index in [0.29, 0.717) is 18.0 Å². The summed E-state index contributed by atoms with van der Waals surface area (Å²) in [5.74, 6) is 0.286. The van der Waals surface area contributed by atoms with Crippen LogP contribution in [0.4, 0.5) is 0 Å². The van der Waals surface area contributed by atoms with Crippen LogP contribution in [0, 0.1) is 5.92 Å². The molecule has 110 valence electrons. The highest BCUT2D eigenvalue weighted by Gasteiger charge is 2.47. The number of sulfonamides is 1. The molecule has 0 saturated carbocycles. The van der Waals surface area contributed by atoms with Crippen molar-refractivity contribution in [1.82, 2.24) is 4.31 Å². The van der Waals surface area contributed by atoms with Crippen molar-refractivity contribution >= 4 is 10.0 Å². The summed E-state index contributed by atoms with van der Waals surface area (Å²) in [7, 11) is -3.38. The second-order valence-corrected chi connectivity index (χ2v) is 8.38. The maximum atomic E-state index is 12.6. The van der Waals surface area contributed by atoms with Gasteiger partial charge in [0.15, 0.2) is 0 Å². The minimum absolute atomic E-state index is 0.286. The molecule has 1 aliphatic heterocycles. The zero-order chi connectivity index (χ0) is 14.5. The molecular weight excluding hydrogens is 272 g/mol. The van der Waals surface area contributed by atoms with E-state index in [-0.39, 0.29) is 11.5 Å². The minimum atomic E-state index is -3.38. The lowest BCUT2D eigenvalue weighted by Crippen LogP contribution is -2.70. The number of hydrogen-bond donors (Lipinski definition) is 1. The van der Waals surface area contributed by atoms with Gasteiger partial charge in [0, 0.05) is 18.6 Å². The molecule has 5 heteroatoms. The number of nitrogens with zero attached hydrogens (tertiary/aromatic N) is 1. The first-order chi connectivity index (χ1) is 9.33. The Kier molecular flexibility index (Phi) is 3.19. The smallest absolute Gasteiger partial charge is 0.243 e. The number of nitrogens with two attached hydrogens (primary N) is 1. The summed E-state index contributed by atoms with van der Waals surface area (Å²) in [6.45, 7) is 4.92. The first-order valence-electron chi connectivity index (χ1n) is 7.24. The average molecular weight is 294 g/mol. The molecule has 0 amide bonds. The van der Waals surface area contributed by atoms with E-state index in [0.717, 1.165) is 19.3 Å². The molecule has 1 aromatic rings. The molecule has 1 aliphatic carbocycles. The Morgan fingerprint density at radius 2 is 1.85 bits per heavy atom. The van der Waals surface area contributed by atoms with Crippen molar-refractivity contribution in [3.05, 3.63) is 29.3 Å². The molecule has 1 aromatic carbocycles. The fourth-order valence-electron chi connectivity index (χ4n) is 3.00. The van der Waals surface area contributed by atoms with Gasteiger partial charge < -0.3 is 5.73 Å². The summed E-state index contributed by atoms with van der Waals surface area (Å²) in [6, 6.07) is 5.56. The van der Waals surface area contributed by atoms with E-state index < -0.39 is 10.0 Å². The number of rotatable bonds is 3. The molecule has 0 unspecified atom stereocenters. The summed E-state index contributed by atoms with van der Waals surface area (Å²) in [6.07, 6.45) is 3.19.